The SMILES string of the molecule is CC(=O)c1cc2c(cc1NC(=O)[C@@H](C)Oc1ccc(Br)cc1Br)OCO2. The minimum atomic E-state index is -0.780. The second kappa shape index (κ2) is 7.67. The molecule has 1 aliphatic heterocycles. The minimum Gasteiger partial charge on any atom is -0.480 e. The molecule has 8 heteroatoms. The van der Waals surface area contributed by atoms with Crippen LogP contribution in [-0.4, -0.2) is 24.6 Å². The Balaban J connectivity index is 1.78. The Bertz CT molecular complexity index is 884. The molecule has 0 unspecified atom stereocenters. The summed E-state index contributed by atoms with van der Waals surface area (Å²) in [5, 5.41) is 2.73. The van der Waals surface area contributed by atoms with E-state index >= 15 is 0 Å². The average molecular weight is 485 g/mol. The van der Waals surface area contributed by atoms with Crippen molar-refractivity contribution >= 4 is 49.2 Å². The number of amides is 1. The molecule has 136 valence electrons. The first-order valence-electron chi connectivity index (χ1n) is 7.72. The maximum atomic E-state index is 12.5. The third kappa shape index (κ3) is 4.02. The standard InChI is InChI=1S/C18H15Br2NO5/c1-9(22)12-6-16-17(25-8-24-16)7-14(12)21-18(23)10(2)26-15-4-3-11(19)5-13(15)20/h3-7,10H,8H2,1-2H3,(H,21,23)/t10-/m1/s1. The lowest BCUT2D eigenvalue weighted by molar-refractivity contribution is -0.122. The fourth-order valence-corrected chi connectivity index (χ4v) is 3.53. The molecular formula is C18H15Br2NO5. The van der Waals surface area contributed by atoms with E-state index in [1.807, 2.05) is 12.1 Å². The van der Waals surface area contributed by atoms with Crippen LogP contribution in [-0.2, 0) is 4.79 Å². The van der Waals surface area contributed by atoms with Crippen LogP contribution in [0.3, 0.4) is 0 Å². The number of ketones is 1. The molecule has 0 radical (unpaired) electrons. The van der Waals surface area contributed by atoms with E-state index in [-0.39, 0.29) is 18.5 Å². The maximum absolute atomic E-state index is 12.5. The van der Waals surface area contributed by atoms with Gasteiger partial charge in [0, 0.05) is 16.1 Å². The molecule has 0 fully saturated rings. The number of halogens is 2. The third-order valence-electron chi connectivity index (χ3n) is 3.72. The van der Waals surface area contributed by atoms with Gasteiger partial charge in [0.25, 0.3) is 5.91 Å². The highest BCUT2D eigenvalue weighted by molar-refractivity contribution is 9.11. The van der Waals surface area contributed by atoms with E-state index in [1.165, 1.54) is 6.92 Å². The molecule has 1 atom stereocenters. The first-order chi connectivity index (χ1) is 12.3. The lowest BCUT2D eigenvalue weighted by atomic mass is 10.1. The maximum Gasteiger partial charge on any atom is 0.265 e. The molecule has 0 spiro atoms. The Morgan fingerprint density at radius 1 is 1.15 bits per heavy atom. The molecule has 2 aromatic rings. The van der Waals surface area contributed by atoms with Crippen LogP contribution in [0.4, 0.5) is 5.69 Å². The van der Waals surface area contributed by atoms with Gasteiger partial charge in [0.2, 0.25) is 6.79 Å². The molecule has 0 aliphatic carbocycles. The first-order valence-corrected chi connectivity index (χ1v) is 9.31. The van der Waals surface area contributed by atoms with E-state index in [0.29, 0.717) is 28.5 Å². The number of hydrogen-bond acceptors (Lipinski definition) is 5. The zero-order valence-electron chi connectivity index (χ0n) is 14.0. The van der Waals surface area contributed by atoms with Crippen molar-refractivity contribution in [1.29, 1.82) is 0 Å². The van der Waals surface area contributed by atoms with E-state index in [1.54, 1.807) is 25.1 Å². The lowest BCUT2D eigenvalue weighted by Crippen LogP contribution is -2.30. The Morgan fingerprint density at radius 2 is 1.85 bits per heavy atom. The Hall–Kier alpha value is -2.06. The number of carbonyl (C=O) groups excluding carboxylic acids is 2. The molecule has 3 rings (SSSR count). The highest BCUT2D eigenvalue weighted by Crippen LogP contribution is 2.37. The van der Waals surface area contributed by atoms with Gasteiger partial charge in [0.15, 0.2) is 23.4 Å². The average Bonchev–Trinajstić information content (AvgIpc) is 3.03. The van der Waals surface area contributed by atoms with Crippen molar-refractivity contribution in [1.82, 2.24) is 0 Å². The van der Waals surface area contributed by atoms with Crippen LogP contribution in [0.25, 0.3) is 0 Å². The number of benzene rings is 2. The van der Waals surface area contributed by atoms with Crippen molar-refractivity contribution in [2.45, 2.75) is 20.0 Å². The molecule has 0 saturated heterocycles. The number of Topliss-reactive ketones (excluding diaryl/α,β-unsaturated/α-hetero) is 1. The van der Waals surface area contributed by atoms with E-state index in [4.69, 9.17) is 14.2 Å². The van der Waals surface area contributed by atoms with Gasteiger partial charge in [-0.25, -0.2) is 0 Å². The largest absolute Gasteiger partial charge is 0.480 e. The number of carbonyl (C=O) groups is 2. The van der Waals surface area contributed by atoms with Crippen LogP contribution in [0.15, 0.2) is 39.3 Å². The van der Waals surface area contributed by atoms with Crippen molar-refractivity contribution in [3.63, 3.8) is 0 Å². The second-order valence-corrected chi connectivity index (χ2v) is 7.40. The summed E-state index contributed by atoms with van der Waals surface area (Å²) in [6, 6.07) is 8.54. The summed E-state index contributed by atoms with van der Waals surface area (Å²) in [7, 11) is 0. The second-order valence-electron chi connectivity index (χ2n) is 5.63. The predicted molar refractivity (Wildman–Crippen MR) is 103 cm³/mol. The van der Waals surface area contributed by atoms with Gasteiger partial charge < -0.3 is 19.5 Å². The monoisotopic (exact) mass is 483 g/mol. The smallest absolute Gasteiger partial charge is 0.265 e. The Labute approximate surface area is 167 Å². The number of hydrogen-bond donors (Lipinski definition) is 1. The van der Waals surface area contributed by atoms with Crippen molar-refractivity contribution in [3.8, 4) is 17.2 Å². The number of fused-ring (bicyclic) bond motifs is 1. The van der Waals surface area contributed by atoms with Gasteiger partial charge in [0.05, 0.1) is 10.2 Å². The van der Waals surface area contributed by atoms with Crippen LogP contribution in [0.2, 0.25) is 0 Å². The lowest BCUT2D eigenvalue weighted by Gasteiger charge is -2.17. The number of anilines is 1. The van der Waals surface area contributed by atoms with Crippen LogP contribution in [0.5, 0.6) is 17.2 Å². The predicted octanol–water partition coefficient (Wildman–Crippen LogP) is 4.55. The molecule has 2 aromatic carbocycles. The van der Waals surface area contributed by atoms with Gasteiger partial charge in [-0.1, -0.05) is 15.9 Å². The normalized spacial score (nSPS) is 13.2. The zero-order valence-corrected chi connectivity index (χ0v) is 17.1. The van der Waals surface area contributed by atoms with Crippen molar-refractivity contribution < 1.29 is 23.8 Å². The van der Waals surface area contributed by atoms with E-state index < -0.39 is 6.10 Å². The van der Waals surface area contributed by atoms with Crippen LogP contribution >= 0.6 is 31.9 Å². The highest BCUT2D eigenvalue weighted by atomic mass is 79.9. The molecule has 0 bridgehead atoms. The number of rotatable bonds is 5. The minimum absolute atomic E-state index is 0.0845. The van der Waals surface area contributed by atoms with Crippen molar-refractivity contribution in [2.24, 2.45) is 0 Å². The van der Waals surface area contributed by atoms with Crippen LogP contribution in [0.1, 0.15) is 24.2 Å². The quantitative estimate of drug-likeness (QED) is 0.630. The highest BCUT2D eigenvalue weighted by Gasteiger charge is 2.23. The van der Waals surface area contributed by atoms with Crippen LogP contribution in [0, 0.1) is 0 Å². The topological polar surface area (TPSA) is 73.9 Å². The van der Waals surface area contributed by atoms with Crippen molar-refractivity contribution in [3.05, 3.63) is 44.8 Å². The molecule has 0 aromatic heterocycles. The van der Waals surface area contributed by atoms with E-state index in [9.17, 15) is 9.59 Å². The Kier molecular flexibility index (Phi) is 5.52. The first kappa shape index (κ1) is 18.7. The number of ether oxygens (including phenoxy) is 3. The third-order valence-corrected chi connectivity index (χ3v) is 4.83. The van der Waals surface area contributed by atoms with Gasteiger partial charge in [0.1, 0.15) is 5.75 Å². The van der Waals surface area contributed by atoms with E-state index in [0.717, 1.165) is 8.95 Å². The fraction of sp³-hybridized carbons (Fsp3) is 0.222. The molecule has 1 N–H and O–H groups in total. The summed E-state index contributed by atoms with van der Waals surface area (Å²) in [4.78, 5) is 24.4. The Morgan fingerprint density at radius 3 is 2.50 bits per heavy atom. The van der Waals surface area contributed by atoms with Gasteiger partial charge in [-0.3, -0.25) is 9.59 Å². The van der Waals surface area contributed by atoms with Gasteiger partial charge in [-0.2, -0.15) is 0 Å². The molecule has 1 aliphatic rings. The van der Waals surface area contributed by atoms with Gasteiger partial charge in [-0.05, 0) is 54.0 Å². The molecule has 0 saturated carbocycles. The zero-order chi connectivity index (χ0) is 18.8. The van der Waals surface area contributed by atoms with Crippen LogP contribution < -0.4 is 19.5 Å². The summed E-state index contributed by atoms with van der Waals surface area (Å²) in [6.45, 7) is 3.14. The fourth-order valence-electron chi connectivity index (χ4n) is 2.39. The summed E-state index contributed by atoms with van der Waals surface area (Å²) >= 11 is 6.76. The molecule has 6 nitrogen and oxygen atoms in total. The van der Waals surface area contributed by atoms with Gasteiger partial charge in [-0.15, -0.1) is 0 Å². The van der Waals surface area contributed by atoms with E-state index in [2.05, 4.69) is 37.2 Å². The summed E-state index contributed by atoms with van der Waals surface area (Å²) in [5.41, 5.74) is 0.705. The van der Waals surface area contributed by atoms with Crippen molar-refractivity contribution in [2.75, 3.05) is 12.1 Å². The summed E-state index contributed by atoms with van der Waals surface area (Å²) in [5.74, 6) is 0.920. The molecule has 26 heavy (non-hydrogen) atoms. The molecule has 1 amide bonds. The summed E-state index contributed by atoms with van der Waals surface area (Å²) in [6.07, 6.45) is -0.780. The summed E-state index contributed by atoms with van der Waals surface area (Å²) < 4.78 is 17.9. The molecular weight excluding hydrogens is 470 g/mol. The molecule has 1 heterocycles. The number of nitrogens with one attached hydrogen (secondary N) is 1. The van der Waals surface area contributed by atoms with Gasteiger partial charge >= 0.3 is 0 Å².